The molecule has 0 bridgehead atoms. The average Bonchev–Trinajstić information content (AvgIpc) is 2.55. The van der Waals surface area contributed by atoms with Crippen LogP contribution in [0.5, 0.6) is 0 Å². The van der Waals surface area contributed by atoms with Gasteiger partial charge in [-0.3, -0.25) is 0 Å². The number of pyridine rings is 1. The Balaban J connectivity index is 1.95. The van der Waals surface area contributed by atoms with Crippen molar-refractivity contribution in [2.45, 2.75) is 6.42 Å². The maximum atomic E-state index is 4.28. The van der Waals surface area contributed by atoms with E-state index in [0.29, 0.717) is 0 Å². The second kappa shape index (κ2) is 3.10. The Morgan fingerprint density at radius 3 is 3.14 bits per heavy atom. The normalized spacial score (nSPS) is 17.1. The lowest BCUT2D eigenvalue weighted by molar-refractivity contribution is 0.347. The van der Waals surface area contributed by atoms with Crippen molar-refractivity contribution in [2.75, 3.05) is 13.1 Å². The second-order valence-corrected chi connectivity index (χ2v) is 3.94. The molecule has 0 atom stereocenters. The zero-order valence-electron chi connectivity index (χ0n) is 7.96. The largest absolute Gasteiger partial charge is 0.346 e. The number of H-pyrrole nitrogens is 1. The van der Waals surface area contributed by atoms with E-state index in [4.69, 9.17) is 0 Å². The quantitative estimate of drug-likeness (QED) is 0.744. The van der Waals surface area contributed by atoms with Gasteiger partial charge in [-0.2, -0.15) is 0 Å². The van der Waals surface area contributed by atoms with E-state index < -0.39 is 0 Å². The molecule has 0 spiro atoms. The third-order valence-electron chi connectivity index (χ3n) is 2.91. The molecule has 14 heavy (non-hydrogen) atoms. The minimum absolute atomic E-state index is 0.814. The van der Waals surface area contributed by atoms with Crippen molar-refractivity contribution in [3.05, 3.63) is 30.1 Å². The molecule has 0 saturated carbocycles. The number of aromatic nitrogens is 2. The first kappa shape index (κ1) is 8.00. The lowest BCUT2D eigenvalue weighted by Crippen LogP contribution is -2.43. The van der Waals surface area contributed by atoms with Gasteiger partial charge in [-0.15, -0.1) is 0 Å². The molecule has 0 amide bonds. The summed E-state index contributed by atoms with van der Waals surface area (Å²) in [5, 5.41) is 4.57. The maximum absolute atomic E-state index is 4.28. The van der Waals surface area contributed by atoms with E-state index in [-0.39, 0.29) is 0 Å². The van der Waals surface area contributed by atoms with E-state index in [0.717, 1.165) is 24.7 Å². The minimum Gasteiger partial charge on any atom is -0.346 e. The third-order valence-corrected chi connectivity index (χ3v) is 2.91. The standard InChI is InChI=1S/C11H13N3/c1-2-10-9(4-8-5-12-6-8)7-14-11(10)13-3-1/h1-3,7-8,12H,4-6H2,(H,13,14). The maximum Gasteiger partial charge on any atom is 0.137 e. The number of hydrogen-bond donors (Lipinski definition) is 2. The topological polar surface area (TPSA) is 40.7 Å². The number of nitrogens with one attached hydrogen (secondary N) is 2. The highest BCUT2D eigenvalue weighted by Crippen LogP contribution is 2.20. The fourth-order valence-electron chi connectivity index (χ4n) is 1.99. The molecule has 1 aliphatic heterocycles. The average molecular weight is 187 g/mol. The van der Waals surface area contributed by atoms with Gasteiger partial charge in [-0.25, -0.2) is 4.98 Å². The van der Waals surface area contributed by atoms with Crippen molar-refractivity contribution in [3.63, 3.8) is 0 Å². The predicted molar refractivity (Wildman–Crippen MR) is 56.2 cm³/mol. The first-order valence-electron chi connectivity index (χ1n) is 5.05. The molecule has 1 saturated heterocycles. The molecular weight excluding hydrogens is 174 g/mol. The molecule has 0 unspecified atom stereocenters. The highest BCUT2D eigenvalue weighted by molar-refractivity contribution is 5.79. The lowest BCUT2D eigenvalue weighted by atomic mass is 9.95. The molecule has 1 fully saturated rings. The summed E-state index contributed by atoms with van der Waals surface area (Å²) < 4.78 is 0. The van der Waals surface area contributed by atoms with Crippen molar-refractivity contribution in [1.29, 1.82) is 0 Å². The van der Waals surface area contributed by atoms with Crippen LogP contribution in [0.25, 0.3) is 11.0 Å². The Hall–Kier alpha value is -1.35. The zero-order valence-corrected chi connectivity index (χ0v) is 7.96. The minimum atomic E-state index is 0.814. The Morgan fingerprint density at radius 1 is 1.43 bits per heavy atom. The smallest absolute Gasteiger partial charge is 0.137 e. The summed E-state index contributed by atoms with van der Waals surface area (Å²) in [6.07, 6.45) is 5.09. The van der Waals surface area contributed by atoms with Crippen LogP contribution in [0.15, 0.2) is 24.5 Å². The van der Waals surface area contributed by atoms with Gasteiger partial charge in [0.2, 0.25) is 0 Å². The van der Waals surface area contributed by atoms with Gasteiger partial charge in [0.15, 0.2) is 0 Å². The summed E-state index contributed by atoms with van der Waals surface area (Å²) in [6.45, 7) is 2.32. The van der Waals surface area contributed by atoms with Crippen LogP contribution in [-0.4, -0.2) is 23.1 Å². The van der Waals surface area contributed by atoms with Gasteiger partial charge in [0.25, 0.3) is 0 Å². The monoisotopic (exact) mass is 187 g/mol. The van der Waals surface area contributed by atoms with Crippen LogP contribution < -0.4 is 5.32 Å². The molecule has 3 heterocycles. The van der Waals surface area contributed by atoms with Gasteiger partial charge < -0.3 is 10.3 Å². The zero-order chi connectivity index (χ0) is 9.38. The van der Waals surface area contributed by atoms with E-state index >= 15 is 0 Å². The molecule has 3 rings (SSSR count). The summed E-state index contributed by atoms with van der Waals surface area (Å²) in [6, 6.07) is 4.14. The lowest BCUT2D eigenvalue weighted by Gasteiger charge is -2.26. The molecule has 2 aromatic rings. The van der Waals surface area contributed by atoms with Crippen LogP contribution in [0.2, 0.25) is 0 Å². The summed E-state index contributed by atoms with van der Waals surface area (Å²) in [5.41, 5.74) is 2.41. The van der Waals surface area contributed by atoms with Crippen molar-refractivity contribution >= 4 is 11.0 Å². The third kappa shape index (κ3) is 1.21. The van der Waals surface area contributed by atoms with Crippen LogP contribution in [-0.2, 0) is 6.42 Å². The second-order valence-electron chi connectivity index (χ2n) is 3.94. The molecule has 3 nitrogen and oxygen atoms in total. The van der Waals surface area contributed by atoms with Gasteiger partial charge in [0, 0.05) is 17.8 Å². The summed E-state index contributed by atoms with van der Waals surface area (Å²) >= 11 is 0. The van der Waals surface area contributed by atoms with E-state index in [1.54, 1.807) is 0 Å². The van der Waals surface area contributed by atoms with Crippen molar-refractivity contribution in [2.24, 2.45) is 5.92 Å². The number of fused-ring (bicyclic) bond motifs is 1. The van der Waals surface area contributed by atoms with Crippen LogP contribution >= 0.6 is 0 Å². The van der Waals surface area contributed by atoms with Crippen molar-refractivity contribution < 1.29 is 0 Å². The Labute approximate surface area is 82.5 Å². The highest BCUT2D eigenvalue weighted by atomic mass is 14.9. The summed E-state index contributed by atoms with van der Waals surface area (Å²) in [7, 11) is 0. The van der Waals surface area contributed by atoms with Gasteiger partial charge in [-0.1, -0.05) is 0 Å². The molecular formula is C11H13N3. The van der Waals surface area contributed by atoms with Crippen LogP contribution in [0, 0.1) is 5.92 Å². The van der Waals surface area contributed by atoms with E-state index in [2.05, 4.69) is 27.5 Å². The van der Waals surface area contributed by atoms with Crippen molar-refractivity contribution in [1.82, 2.24) is 15.3 Å². The predicted octanol–water partition coefficient (Wildman–Crippen LogP) is 1.32. The van der Waals surface area contributed by atoms with Crippen molar-refractivity contribution in [3.8, 4) is 0 Å². The summed E-state index contributed by atoms with van der Waals surface area (Å²) in [4.78, 5) is 7.49. The van der Waals surface area contributed by atoms with Gasteiger partial charge in [0.1, 0.15) is 5.65 Å². The molecule has 2 aromatic heterocycles. The van der Waals surface area contributed by atoms with E-state index in [1.165, 1.54) is 17.4 Å². The molecule has 3 heteroatoms. The number of nitrogens with zero attached hydrogens (tertiary/aromatic N) is 1. The van der Waals surface area contributed by atoms with Crippen LogP contribution in [0.4, 0.5) is 0 Å². The Bertz CT molecular complexity index is 442. The molecule has 0 radical (unpaired) electrons. The van der Waals surface area contributed by atoms with E-state index in [1.807, 2.05) is 12.3 Å². The first-order chi connectivity index (χ1) is 6.93. The number of rotatable bonds is 2. The van der Waals surface area contributed by atoms with Crippen LogP contribution in [0.3, 0.4) is 0 Å². The van der Waals surface area contributed by atoms with E-state index in [9.17, 15) is 0 Å². The number of aromatic amines is 1. The Morgan fingerprint density at radius 2 is 2.36 bits per heavy atom. The van der Waals surface area contributed by atoms with Gasteiger partial charge in [0.05, 0.1) is 0 Å². The molecule has 0 aromatic carbocycles. The highest BCUT2D eigenvalue weighted by Gasteiger charge is 2.18. The molecule has 72 valence electrons. The molecule has 1 aliphatic rings. The fourth-order valence-corrected chi connectivity index (χ4v) is 1.99. The molecule has 2 N–H and O–H groups in total. The number of hydrogen-bond acceptors (Lipinski definition) is 2. The summed E-state index contributed by atoms with van der Waals surface area (Å²) in [5.74, 6) is 0.814. The van der Waals surface area contributed by atoms with Crippen LogP contribution in [0.1, 0.15) is 5.56 Å². The first-order valence-corrected chi connectivity index (χ1v) is 5.05. The fraction of sp³-hybridized carbons (Fsp3) is 0.364. The SMILES string of the molecule is c1cnc2[nH]cc(CC3CNC3)c2c1. The van der Waals surface area contributed by atoms with Gasteiger partial charge in [-0.05, 0) is 43.1 Å². The molecule has 0 aliphatic carbocycles. The Kier molecular flexibility index (Phi) is 1.77. The van der Waals surface area contributed by atoms with Gasteiger partial charge >= 0.3 is 0 Å².